The fourth-order valence-corrected chi connectivity index (χ4v) is 4.10. The molecule has 0 saturated heterocycles. The van der Waals surface area contributed by atoms with Crippen LogP contribution in [0, 0.1) is 11.3 Å². The van der Waals surface area contributed by atoms with Crippen molar-refractivity contribution in [2.75, 3.05) is 6.54 Å². The molecule has 3 amide bonds. The van der Waals surface area contributed by atoms with Gasteiger partial charge in [0.2, 0.25) is 11.8 Å². The van der Waals surface area contributed by atoms with Crippen LogP contribution in [0.15, 0.2) is 78.9 Å². The third-order valence-corrected chi connectivity index (χ3v) is 5.97. The second-order valence-corrected chi connectivity index (χ2v) is 10.4. The van der Waals surface area contributed by atoms with E-state index < -0.39 is 42.1 Å². The summed E-state index contributed by atoms with van der Waals surface area (Å²) in [4.78, 5) is 41.6. The average molecular weight is 559 g/mol. The molecule has 0 aliphatic heterocycles. The van der Waals surface area contributed by atoms with E-state index in [1.54, 1.807) is 32.9 Å². The summed E-state index contributed by atoms with van der Waals surface area (Å²) in [5.41, 5.74) is 0.968. The van der Waals surface area contributed by atoms with Crippen molar-refractivity contribution in [1.29, 1.82) is 5.26 Å². The van der Waals surface area contributed by atoms with E-state index in [1.165, 1.54) is 36.4 Å². The molecule has 214 valence electrons. The lowest BCUT2D eigenvalue weighted by Crippen LogP contribution is -2.53. The second-order valence-electron chi connectivity index (χ2n) is 10.4. The Morgan fingerprint density at radius 3 is 2.05 bits per heavy atom. The SMILES string of the molecule is CC(C)(C)OC(=O)NC(Cc1ccc(O)cc1)C(=O)N(CC#N)C(C(=O)NCc1ccccc1)c1ccc(O)cc1. The summed E-state index contributed by atoms with van der Waals surface area (Å²) in [7, 11) is 0. The minimum Gasteiger partial charge on any atom is -0.508 e. The van der Waals surface area contributed by atoms with E-state index >= 15 is 0 Å². The van der Waals surface area contributed by atoms with Gasteiger partial charge in [0.05, 0.1) is 6.07 Å². The largest absolute Gasteiger partial charge is 0.508 e. The van der Waals surface area contributed by atoms with Gasteiger partial charge in [-0.1, -0.05) is 54.6 Å². The second kappa shape index (κ2) is 13.8. The number of carbonyl (C=O) groups excluding carboxylic acids is 3. The van der Waals surface area contributed by atoms with E-state index in [0.717, 1.165) is 10.5 Å². The van der Waals surface area contributed by atoms with Crippen LogP contribution in [0.5, 0.6) is 11.5 Å². The highest BCUT2D eigenvalue weighted by atomic mass is 16.6. The van der Waals surface area contributed by atoms with Crippen LogP contribution in [0.2, 0.25) is 0 Å². The Labute approximate surface area is 239 Å². The summed E-state index contributed by atoms with van der Waals surface area (Å²) >= 11 is 0. The van der Waals surface area contributed by atoms with Gasteiger partial charge in [0, 0.05) is 13.0 Å². The third kappa shape index (κ3) is 9.28. The van der Waals surface area contributed by atoms with E-state index in [1.807, 2.05) is 36.4 Å². The maximum atomic E-state index is 14.1. The Morgan fingerprint density at radius 2 is 1.49 bits per heavy atom. The molecule has 2 unspecified atom stereocenters. The first-order valence-electron chi connectivity index (χ1n) is 13.0. The smallest absolute Gasteiger partial charge is 0.408 e. The average Bonchev–Trinajstić information content (AvgIpc) is 2.92. The van der Waals surface area contributed by atoms with Gasteiger partial charge in [0.15, 0.2) is 0 Å². The van der Waals surface area contributed by atoms with Crippen LogP contribution in [0.25, 0.3) is 0 Å². The van der Waals surface area contributed by atoms with E-state index in [4.69, 9.17) is 4.74 Å². The molecule has 10 heteroatoms. The zero-order chi connectivity index (χ0) is 30.0. The molecule has 0 bridgehead atoms. The minimum absolute atomic E-state index is 0.00574. The predicted octanol–water partition coefficient (Wildman–Crippen LogP) is 3.94. The molecule has 0 spiro atoms. The molecule has 0 saturated carbocycles. The third-order valence-electron chi connectivity index (χ3n) is 5.97. The summed E-state index contributed by atoms with van der Waals surface area (Å²) in [6.07, 6.45) is -0.852. The Kier molecular flexibility index (Phi) is 10.3. The lowest BCUT2D eigenvalue weighted by Gasteiger charge is -2.33. The van der Waals surface area contributed by atoms with Crippen molar-refractivity contribution in [3.63, 3.8) is 0 Å². The number of amides is 3. The lowest BCUT2D eigenvalue weighted by molar-refractivity contribution is -0.141. The van der Waals surface area contributed by atoms with Gasteiger partial charge in [0.25, 0.3) is 0 Å². The number of phenols is 2. The Hall–Kier alpha value is -5.04. The molecule has 3 rings (SSSR count). The van der Waals surface area contributed by atoms with Crippen molar-refractivity contribution in [3.8, 4) is 17.6 Å². The van der Waals surface area contributed by atoms with E-state index in [-0.39, 0.29) is 24.5 Å². The summed E-state index contributed by atoms with van der Waals surface area (Å²) in [6, 6.07) is 20.5. The van der Waals surface area contributed by atoms with Crippen molar-refractivity contribution >= 4 is 17.9 Å². The molecule has 3 aromatic carbocycles. The number of hydrogen-bond donors (Lipinski definition) is 4. The molecule has 41 heavy (non-hydrogen) atoms. The summed E-state index contributed by atoms with van der Waals surface area (Å²) in [5, 5.41) is 34.6. The highest BCUT2D eigenvalue weighted by molar-refractivity contribution is 5.92. The molecule has 0 heterocycles. The molecule has 3 aromatic rings. The van der Waals surface area contributed by atoms with Crippen LogP contribution in [0.1, 0.15) is 43.5 Å². The van der Waals surface area contributed by atoms with Gasteiger partial charge in [-0.05, 0) is 61.7 Å². The molecule has 4 N–H and O–H groups in total. The summed E-state index contributed by atoms with van der Waals surface area (Å²) in [5.74, 6) is -1.25. The van der Waals surface area contributed by atoms with Gasteiger partial charge in [-0.2, -0.15) is 5.26 Å². The first kappa shape index (κ1) is 30.5. The minimum atomic E-state index is -1.26. The number of benzene rings is 3. The Balaban J connectivity index is 1.98. The Morgan fingerprint density at radius 1 is 0.902 bits per heavy atom. The van der Waals surface area contributed by atoms with Crippen LogP contribution < -0.4 is 10.6 Å². The number of carbonyl (C=O) groups is 3. The molecular weight excluding hydrogens is 524 g/mol. The van der Waals surface area contributed by atoms with Crippen molar-refractivity contribution in [3.05, 3.63) is 95.6 Å². The normalized spacial score (nSPS) is 12.3. The number of rotatable bonds is 10. The Bertz CT molecular complexity index is 1360. The van der Waals surface area contributed by atoms with Crippen LogP contribution in [-0.2, 0) is 27.3 Å². The van der Waals surface area contributed by atoms with Crippen LogP contribution in [-0.4, -0.2) is 51.2 Å². The number of aromatic hydroxyl groups is 2. The standard InChI is InChI=1S/C31H34N4O6/c1-31(2,3)41-30(40)34-26(19-21-9-13-24(36)14-10-21)29(39)35(18-17-32)27(23-11-15-25(37)16-12-23)28(38)33-20-22-7-5-4-6-8-22/h4-16,26-27,36-37H,18-20H2,1-3H3,(H,33,38)(H,34,40). The fraction of sp³-hybridized carbons (Fsp3) is 0.290. The van der Waals surface area contributed by atoms with E-state index in [9.17, 15) is 29.9 Å². The molecule has 0 aliphatic carbocycles. The van der Waals surface area contributed by atoms with Crippen molar-refractivity contribution in [2.45, 2.75) is 51.4 Å². The van der Waals surface area contributed by atoms with E-state index in [0.29, 0.717) is 11.1 Å². The number of nitrogens with one attached hydrogen (secondary N) is 2. The van der Waals surface area contributed by atoms with Crippen LogP contribution >= 0.6 is 0 Å². The first-order valence-corrected chi connectivity index (χ1v) is 13.0. The lowest BCUT2D eigenvalue weighted by atomic mass is 10.00. The summed E-state index contributed by atoms with van der Waals surface area (Å²) < 4.78 is 5.38. The molecular formula is C31H34N4O6. The van der Waals surface area contributed by atoms with Gasteiger partial charge in [-0.3, -0.25) is 9.59 Å². The first-order chi connectivity index (χ1) is 19.5. The number of nitriles is 1. The number of ether oxygens (including phenoxy) is 1. The van der Waals surface area contributed by atoms with Crippen LogP contribution in [0.4, 0.5) is 4.79 Å². The maximum Gasteiger partial charge on any atom is 0.408 e. The number of hydrogen-bond acceptors (Lipinski definition) is 7. The molecule has 2 atom stereocenters. The molecule has 0 aromatic heterocycles. The predicted molar refractivity (Wildman–Crippen MR) is 151 cm³/mol. The molecule has 0 fully saturated rings. The fourth-order valence-electron chi connectivity index (χ4n) is 4.10. The quantitative estimate of drug-likeness (QED) is 0.275. The van der Waals surface area contributed by atoms with E-state index in [2.05, 4.69) is 10.6 Å². The highest BCUT2D eigenvalue weighted by Crippen LogP contribution is 2.25. The molecule has 0 radical (unpaired) electrons. The highest BCUT2D eigenvalue weighted by Gasteiger charge is 2.36. The van der Waals surface area contributed by atoms with Crippen molar-refractivity contribution < 1.29 is 29.3 Å². The van der Waals surface area contributed by atoms with Gasteiger partial charge < -0.3 is 30.5 Å². The van der Waals surface area contributed by atoms with Gasteiger partial charge in [-0.25, -0.2) is 4.79 Å². The van der Waals surface area contributed by atoms with Gasteiger partial charge in [-0.15, -0.1) is 0 Å². The topological polar surface area (TPSA) is 152 Å². The van der Waals surface area contributed by atoms with Crippen molar-refractivity contribution in [1.82, 2.24) is 15.5 Å². The zero-order valence-electron chi connectivity index (χ0n) is 23.2. The van der Waals surface area contributed by atoms with Crippen molar-refractivity contribution in [2.24, 2.45) is 0 Å². The van der Waals surface area contributed by atoms with Gasteiger partial charge in [0.1, 0.15) is 35.7 Å². The molecule has 10 nitrogen and oxygen atoms in total. The molecule has 0 aliphatic rings. The number of phenolic OH excluding ortho intramolecular Hbond substituents is 2. The zero-order valence-corrected chi connectivity index (χ0v) is 23.2. The number of nitrogens with zero attached hydrogens (tertiary/aromatic N) is 2. The monoisotopic (exact) mass is 558 g/mol. The summed E-state index contributed by atoms with van der Waals surface area (Å²) in [6.45, 7) is 4.76. The number of alkyl carbamates (subject to hydrolysis) is 1. The van der Waals surface area contributed by atoms with Gasteiger partial charge >= 0.3 is 6.09 Å². The maximum absolute atomic E-state index is 14.1. The van der Waals surface area contributed by atoms with Crippen LogP contribution in [0.3, 0.4) is 0 Å².